The van der Waals surface area contributed by atoms with Crippen molar-refractivity contribution < 1.29 is 9.53 Å². The monoisotopic (exact) mass is 410 g/mol. The van der Waals surface area contributed by atoms with Gasteiger partial charge in [0.25, 0.3) is 0 Å². The second kappa shape index (κ2) is 14.7. The number of carbonyl (C=O) groups excluding carboxylic acids is 1. The first-order valence-electron chi connectivity index (χ1n) is 11.5. The lowest BCUT2D eigenvalue weighted by atomic mass is 10.1. The number of esters is 1. The van der Waals surface area contributed by atoms with Crippen LogP contribution in [0, 0.1) is 13.8 Å². The highest BCUT2D eigenvalue weighted by molar-refractivity contribution is 5.90. The minimum Gasteiger partial charge on any atom is -0.462 e. The summed E-state index contributed by atoms with van der Waals surface area (Å²) in [5, 5.41) is 3.54. The molecule has 0 aliphatic heterocycles. The molecule has 0 unspecified atom stereocenters. The molecule has 0 atom stereocenters. The fourth-order valence-electron chi connectivity index (χ4n) is 3.56. The Hall–Kier alpha value is -2.20. The van der Waals surface area contributed by atoms with Gasteiger partial charge in [-0.05, 0) is 63.9 Å². The third-order valence-corrected chi connectivity index (χ3v) is 5.36. The lowest BCUT2D eigenvalue weighted by Gasteiger charge is -2.07. The van der Waals surface area contributed by atoms with E-state index in [-0.39, 0.29) is 5.97 Å². The Morgan fingerprint density at radius 3 is 2.20 bits per heavy atom. The maximum atomic E-state index is 12.1. The predicted octanol–water partition coefficient (Wildman–Crippen LogP) is 5.81. The number of rotatable bonds is 15. The van der Waals surface area contributed by atoms with Crippen molar-refractivity contribution in [3.8, 4) is 0 Å². The first-order valence-corrected chi connectivity index (χ1v) is 11.5. The maximum Gasteiger partial charge on any atom is 0.339 e. The van der Waals surface area contributed by atoms with Gasteiger partial charge in [-0.3, -0.25) is 4.98 Å². The van der Waals surface area contributed by atoms with Crippen molar-refractivity contribution in [3.05, 3.63) is 65.0 Å². The van der Waals surface area contributed by atoms with Gasteiger partial charge in [0.15, 0.2) is 0 Å². The molecule has 1 aromatic carbocycles. The average Bonchev–Trinajstić information content (AvgIpc) is 2.74. The summed E-state index contributed by atoms with van der Waals surface area (Å²) in [5.74, 6) is -0.252. The number of carbonyl (C=O) groups is 1. The highest BCUT2D eigenvalue weighted by Crippen LogP contribution is 2.11. The highest BCUT2D eigenvalue weighted by Gasteiger charge is 2.11. The van der Waals surface area contributed by atoms with Gasteiger partial charge in [0.2, 0.25) is 0 Å². The Morgan fingerprint density at radius 2 is 1.50 bits per heavy atom. The topological polar surface area (TPSA) is 51.2 Å². The van der Waals surface area contributed by atoms with Crippen LogP contribution in [0.15, 0.2) is 42.5 Å². The van der Waals surface area contributed by atoms with E-state index in [0.29, 0.717) is 12.2 Å². The van der Waals surface area contributed by atoms with Gasteiger partial charge in [-0.15, -0.1) is 0 Å². The predicted molar refractivity (Wildman–Crippen MR) is 124 cm³/mol. The Morgan fingerprint density at radius 1 is 0.833 bits per heavy atom. The minimum absolute atomic E-state index is 0.252. The smallest absolute Gasteiger partial charge is 0.339 e. The third kappa shape index (κ3) is 10.0. The van der Waals surface area contributed by atoms with Crippen molar-refractivity contribution in [2.75, 3.05) is 19.7 Å². The Bertz CT molecular complexity index is 731. The second-order valence-electron chi connectivity index (χ2n) is 8.04. The summed E-state index contributed by atoms with van der Waals surface area (Å²) in [5.41, 5.74) is 3.65. The summed E-state index contributed by atoms with van der Waals surface area (Å²) in [7, 11) is 0. The molecule has 0 saturated heterocycles. The molecule has 1 aromatic heterocycles. The van der Waals surface area contributed by atoms with Crippen LogP contribution in [-0.2, 0) is 11.2 Å². The summed E-state index contributed by atoms with van der Waals surface area (Å²) < 4.78 is 5.38. The number of ether oxygens (including phenoxy) is 1. The minimum atomic E-state index is -0.252. The molecule has 0 aliphatic rings. The Balaban J connectivity index is 1.35. The number of nitrogens with zero attached hydrogens (tertiary/aromatic N) is 1. The van der Waals surface area contributed by atoms with E-state index in [0.717, 1.165) is 43.7 Å². The van der Waals surface area contributed by atoms with Crippen LogP contribution in [0.4, 0.5) is 0 Å². The average molecular weight is 411 g/mol. The number of benzene rings is 1. The Labute approximate surface area is 182 Å². The van der Waals surface area contributed by atoms with Gasteiger partial charge in [-0.25, -0.2) is 4.79 Å². The normalized spacial score (nSPS) is 10.9. The third-order valence-electron chi connectivity index (χ3n) is 5.36. The molecule has 0 amide bonds. The number of hydrogen-bond acceptors (Lipinski definition) is 4. The molecule has 164 valence electrons. The van der Waals surface area contributed by atoms with Crippen LogP contribution in [0.2, 0.25) is 0 Å². The molecule has 1 heterocycles. The summed E-state index contributed by atoms with van der Waals surface area (Å²) in [6.45, 7) is 6.46. The molecule has 0 fully saturated rings. The highest BCUT2D eigenvalue weighted by atomic mass is 16.5. The zero-order valence-corrected chi connectivity index (χ0v) is 18.8. The summed E-state index contributed by atoms with van der Waals surface area (Å²) in [4.78, 5) is 16.4. The first kappa shape index (κ1) is 24.1. The van der Waals surface area contributed by atoms with Crippen LogP contribution >= 0.6 is 0 Å². The molecule has 2 rings (SSSR count). The van der Waals surface area contributed by atoms with Crippen LogP contribution in [0.1, 0.15) is 78.7 Å². The largest absolute Gasteiger partial charge is 0.462 e. The molecule has 0 spiro atoms. The molecule has 30 heavy (non-hydrogen) atoms. The standard InChI is InChI=1S/C26H38N2O2/c1-22-16-17-25(23(2)28-22)26(29)30-21-13-8-6-4-3-5-7-12-19-27-20-18-24-14-10-9-11-15-24/h9-11,14-17,27H,3-8,12-13,18-21H2,1-2H3. The zero-order valence-electron chi connectivity index (χ0n) is 18.8. The van der Waals surface area contributed by atoms with Gasteiger partial charge in [0, 0.05) is 5.69 Å². The number of aromatic nitrogens is 1. The molecular formula is C26H38N2O2. The SMILES string of the molecule is Cc1ccc(C(=O)OCCCCCCCCCCNCCc2ccccc2)c(C)n1. The van der Waals surface area contributed by atoms with Gasteiger partial charge < -0.3 is 10.1 Å². The lowest BCUT2D eigenvalue weighted by Crippen LogP contribution is -2.18. The number of nitrogens with one attached hydrogen (secondary N) is 1. The van der Waals surface area contributed by atoms with Crippen molar-refractivity contribution in [3.63, 3.8) is 0 Å². The van der Waals surface area contributed by atoms with Crippen molar-refractivity contribution in [1.29, 1.82) is 0 Å². The number of unbranched alkanes of at least 4 members (excludes halogenated alkanes) is 7. The number of hydrogen-bond donors (Lipinski definition) is 1. The first-order chi connectivity index (χ1) is 14.7. The lowest BCUT2D eigenvalue weighted by molar-refractivity contribution is 0.0496. The maximum absolute atomic E-state index is 12.1. The van der Waals surface area contributed by atoms with Crippen LogP contribution in [0.25, 0.3) is 0 Å². The van der Waals surface area contributed by atoms with E-state index in [4.69, 9.17) is 4.74 Å². The fourth-order valence-corrected chi connectivity index (χ4v) is 3.56. The molecule has 4 heteroatoms. The van der Waals surface area contributed by atoms with Gasteiger partial charge in [0.05, 0.1) is 17.9 Å². The van der Waals surface area contributed by atoms with E-state index in [1.807, 2.05) is 19.9 Å². The van der Waals surface area contributed by atoms with Crippen molar-refractivity contribution >= 4 is 5.97 Å². The van der Waals surface area contributed by atoms with Crippen LogP contribution in [-0.4, -0.2) is 30.6 Å². The molecular weight excluding hydrogens is 372 g/mol. The van der Waals surface area contributed by atoms with E-state index in [1.54, 1.807) is 6.07 Å². The molecule has 0 saturated carbocycles. The van der Waals surface area contributed by atoms with Gasteiger partial charge in [-0.1, -0.05) is 68.9 Å². The van der Waals surface area contributed by atoms with Crippen molar-refractivity contribution in [1.82, 2.24) is 10.3 Å². The van der Waals surface area contributed by atoms with Gasteiger partial charge in [0.1, 0.15) is 0 Å². The molecule has 0 bridgehead atoms. The van der Waals surface area contributed by atoms with Crippen LogP contribution in [0.3, 0.4) is 0 Å². The zero-order chi connectivity index (χ0) is 21.4. The molecule has 0 radical (unpaired) electrons. The number of aryl methyl sites for hydroxylation is 2. The number of pyridine rings is 1. The van der Waals surface area contributed by atoms with Gasteiger partial charge >= 0.3 is 5.97 Å². The summed E-state index contributed by atoms with van der Waals surface area (Å²) >= 11 is 0. The van der Waals surface area contributed by atoms with E-state index in [2.05, 4.69) is 40.6 Å². The quantitative estimate of drug-likeness (QED) is 0.297. The van der Waals surface area contributed by atoms with Crippen LogP contribution in [0.5, 0.6) is 0 Å². The molecule has 1 N–H and O–H groups in total. The summed E-state index contributed by atoms with van der Waals surface area (Å²) in [6, 6.07) is 14.3. The Kier molecular flexibility index (Phi) is 11.8. The van der Waals surface area contributed by atoms with Crippen LogP contribution < -0.4 is 5.32 Å². The van der Waals surface area contributed by atoms with Gasteiger partial charge in [-0.2, -0.15) is 0 Å². The van der Waals surface area contributed by atoms with E-state index in [9.17, 15) is 4.79 Å². The van der Waals surface area contributed by atoms with E-state index in [1.165, 1.54) is 44.1 Å². The molecule has 2 aromatic rings. The fraction of sp³-hybridized carbons (Fsp3) is 0.538. The van der Waals surface area contributed by atoms with E-state index >= 15 is 0 Å². The van der Waals surface area contributed by atoms with Crippen molar-refractivity contribution in [2.45, 2.75) is 71.6 Å². The molecule has 0 aliphatic carbocycles. The molecule has 4 nitrogen and oxygen atoms in total. The van der Waals surface area contributed by atoms with Crippen molar-refractivity contribution in [2.24, 2.45) is 0 Å². The van der Waals surface area contributed by atoms with E-state index < -0.39 is 0 Å². The summed E-state index contributed by atoms with van der Waals surface area (Å²) in [6.07, 6.45) is 10.9. The second-order valence-corrected chi connectivity index (χ2v) is 8.04.